The highest BCUT2D eigenvalue weighted by Crippen LogP contribution is 2.57. The molecule has 4 fully saturated rings. The Morgan fingerprint density at radius 3 is 2.08 bits per heavy atom. The first-order valence-electron chi connectivity index (χ1n) is 9.89. The number of aliphatic carboxylic acids is 1. The monoisotopic (exact) mass is 358 g/mol. The zero-order valence-electron chi connectivity index (χ0n) is 15.7. The summed E-state index contributed by atoms with van der Waals surface area (Å²) in [5, 5.41) is 9.57. The Bertz CT molecular complexity index is 625. The van der Waals surface area contributed by atoms with Crippen molar-refractivity contribution in [3.8, 4) is 5.75 Å². The number of hydrogen-bond acceptors (Lipinski definition) is 4. The predicted octanol–water partition coefficient (Wildman–Crippen LogP) is 3.24. The first kappa shape index (κ1) is 17.7. The zero-order chi connectivity index (χ0) is 18.2. The van der Waals surface area contributed by atoms with Crippen molar-refractivity contribution in [3.63, 3.8) is 0 Å². The van der Waals surface area contributed by atoms with E-state index in [1.54, 1.807) is 7.11 Å². The molecule has 1 aromatic carbocycles. The fraction of sp³-hybridized carbons (Fsp3) is 0.667. The number of nitrogens with zero attached hydrogens (tertiary/aromatic N) is 2. The summed E-state index contributed by atoms with van der Waals surface area (Å²) in [7, 11) is 1.70. The minimum atomic E-state index is -0.557. The lowest BCUT2D eigenvalue weighted by atomic mass is 9.53. The Balaban J connectivity index is 1.31. The van der Waals surface area contributed by atoms with Crippen molar-refractivity contribution in [1.29, 1.82) is 0 Å². The van der Waals surface area contributed by atoms with Crippen LogP contribution in [0.3, 0.4) is 0 Å². The molecule has 1 aromatic rings. The SMILES string of the molecule is COc1ccc(N2CCN(CC34CCC(C(=O)O)(CC3)CC4)CC2)cc1. The van der Waals surface area contributed by atoms with E-state index < -0.39 is 11.4 Å². The number of ether oxygens (including phenoxy) is 1. The number of carboxylic acid groups (broad SMARTS) is 1. The van der Waals surface area contributed by atoms with Gasteiger partial charge in [0.2, 0.25) is 0 Å². The molecule has 0 spiro atoms. The Hall–Kier alpha value is -1.75. The number of benzene rings is 1. The molecule has 3 aliphatic carbocycles. The van der Waals surface area contributed by atoms with Gasteiger partial charge in [0.25, 0.3) is 0 Å². The lowest BCUT2D eigenvalue weighted by Gasteiger charge is -2.53. The maximum absolute atomic E-state index is 11.6. The Labute approximate surface area is 155 Å². The summed E-state index contributed by atoms with van der Waals surface area (Å²) in [5.41, 5.74) is 1.25. The first-order valence-corrected chi connectivity index (χ1v) is 9.89. The molecule has 142 valence electrons. The average Bonchev–Trinajstić information content (AvgIpc) is 2.70. The number of rotatable bonds is 5. The molecule has 0 atom stereocenters. The second-order valence-electron chi connectivity index (χ2n) is 8.55. The molecule has 5 heteroatoms. The van der Waals surface area contributed by atoms with Crippen molar-refractivity contribution in [1.82, 2.24) is 4.90 Å². The summed E-state index contributed by atoms with van der Waals surface area (Å²) in [6.45, 7) is 5.46. The fourth-order valence-electron chi connectivity index (χ4n) is 5.25. The number of piperazine rings is 1. The maximum Gasteiger partial charge on any atom is 0.309 e. The van der Waals surface area contributed by atoms with Crippen molar-refractivity contribution in [2.45, 2.75) is 38.5 Å². The molecule has 1 aliphatic heterocycles. The zero-order valence-corrected chi connectivity index (χ0v) is 15.7. The number of fused-ring (bicyclic) bond motifs is 3. The van der Waals surface area contributed by atoms with Crippen molar-refractivity contribution in [3.05, 3.63) is 24.3 Å². The molecule has 0 unspecified atom stereocenters. The maximum atomic E-state index is 11.6. The van der Waals surface area contributed by atoms with E-state index in [9.17, 15) is 9.90 Å². The highest BCUT2D eigenvalue weighted by atomic mass is 16.5. The van der Waals surface area contributed by atoms with E-state index in [-0.39, 0.29) is 0 Å². The number of carbonyl (C=O) groups is 1. The molecule has 0 amide bonds. The molecule has 5 rings (SSSR count). The third-order valence-electron chi connectivity index (χ3n) is 7.22. The molecule has 2 bridgehead atoms. The molecule has 0 aromatic heterocycles. The lowest BCUT2D eigenvalue weighted by molar-refractivity contribution is -0.159. The highest BCUT2D eigenvalue weighted by molar-refractivity contribution is 5.75. The third kappa shape index (κ3) is 3.18. The average molecular weight is 358 g/mol. The van der Waals surface area contributed by atoms with Crippen LogP contribution in [0.4, 0.5) is 5.69 Å². The van der Waals surface area contributed by atoms with Crippen molar-refractivity contribution >= 4 is 11.7 Å². The molecule has 26 heavy (non-hydrogen) atoms. The fourth-order valence-corrected chi connectivity index (χ4v) is 5.25. The van der Waals surface area contributed by atoms with Crippen molar-refractivity contribution in [2.24, 2.45) is 10.8 Å². The second kappa shape index (κ2) is 6.76. The minimum absolute atomic E-state index is 0.374. The van der Waals surface area contributed by atoms with E-state index in [4.69, 9.17) is 4.74 Å². The van der Waals surface area contributed by atoms with Gasteiger partial charge in [-0.15, -0.1) is 0 Å². The van der Waals surface area contributed by atoms with Crippen LogP contribution in [0.25, 0.3) is 0 Å². The summed E-state index contributed by atoms with van der Waals surface area (Å²) in [6.07, 6.45) is 5.93. The van der Waals surface area contributed by atoms with Gasteiger partial charge in [-0.25, -0.2) is 0 Å². The van der Waals surface area contributed by atoms with E-state index in [0.29, 0.717) is 5.41 Å². The largest absolute Gasteiger partial charge is 0.497 e. The van der Waals surface area contributed by atoms with E-state index in [1.165, 1.54) is 5.69 Å². The van der Waals surface area contributed by atoms with E-state index in [2.05, 4.69) is 21.9 Å². The number of carboxylic acids is 1. The van der Waals surface area contributed by atoms with Gasteiger partial charge in [0.1, 0.15) is 5.75 Å². The standard InChI is InChI=1S/C21H30N2O3/c1-26-18-4-2-17(3-5-18)23-14-12-22(13-15-23)16-20-6-9-21(10-7-20,11-8-20)19(24)25/h2-5H,6-16H2,1H3,(H,24,25). The molecular weight excluding hydrogens is 328 g/mol. The van der Waals surface area contributed by atoms with Gasteiger partial charge in [-0.3, -0.25) is 9.69 Å². The molecule has 4 aliphatic rings. The van der Waals surface area contributed by atoms with Gasteiger partial charge in [-0.2, -0.15) is 0 Å². The molecule has 1 N–H and O–H groups in total. The molecule has 5 nitrogen and oxygen atoms in total. The number of methoxy groups -OCH3 is 1. The van der Waals surface area contributed by atoms with E-state index >= 15 is 0 Å². The van der Waals surface area contributed by atoms with Gasteiger partial charge in [0.15, 0.2) is 0 Å². The van der Waals surface area contributed by atoms with Crippen LogP contribution in [0.2, 0.25) is 0 Å². The highest BCUT2D eigenvalue weighted by Gasteiger charge is 2.52. The summed E-state index contributed by atoms with van der Waals surface area (Å²) in [5.74, 6) is 0.345. The van der Waals surface area contributed by atoms with Crippen LogP contribution in [-0.2, 0) is 4.79 Å². The summed E-state index contributed by atoms with van der Waals surface area (Å²) in [6, 6.07) is 8.33. The Morgan fingerprint density at radius 1 is 1.00 bits per heavy atom. The normalized spacial score (nSPS) is 31.8. The smallest absolute Gasteiger partial charge is 0.309 e. The minimum Gasteiger partial charge on any atom is -0.497 e. The van der Waals surface area contributed by atoms with Crippen LogP contribution in [0, 0.1) is 10.8 Å². The summed E-state index contributed by atoms with van der Waals surface area (Å²) in [4.78, 5) is 16.7. The molecular formula is C21H30N2O3. The Kier molecular flexibility index (Phi) is 4.59. The van der Waals surface area contributed by atoms with E-state index in [0.717, 1.165) is 77.0 Å². The predicted molar refractivity (Wildman–Crippen MR) is 102 cm³/mol. The summed E-state index contributed by atoms with van der Waals surface area (Å²) < 4.78 is 5.24. The topological polar surface area (TPSA) is 53.0 Å². The van der Waals surface area contributed by atoms with Gasteiger partial charge in [-0.05, 0) is 68.2 Å². The Morgan fingerprint density at radius 2 is 1.58 bits per heavy atom. The van der Waals surface area contributed by atoms with Crippen LogP contribution in [0.1, 0.15) is 38.5 Å². The van der Waals surface area contributed by atoms with Crippen LogP contribution in [-0.4, -0.2) is 55.8 Å². The lowest BCUT2D eigenvalue weighted by Crippen LogP contribution is -2.54. The molecule has 0 radical (unpaired) electrons. The number of hydrogen-bond donors (Lipinski definition) is 1. The van der Waals surface area contributed by atoms with Crippen molar-refractivity contribution in [2.75, 3.05) is 44.7 Å². The summed E-state index contributed by atoms with van der Waals surface area (Å²) >= 11 is 0. The second-order valence-corrected chi connectivity index (χ2v) is 8.55. The van der Waals surface area contributed by atoms with Gasteiger partial charge < -0.3 is 14.7 Å². The molecule has 1 heterocycles. The van der Waals surface area contributed by atoms with Crippen LogP contribution in [0.15, 0.2) is 24.3 Å². The van der Waals surface area contributed by atoms with Gasteiger partial charge in [0.05, 0.1) is 12.5 Å². The van der Waals surface area contributed by atoms with Gasteiger partial charge in [0, 0.05) is 38.4 Å². The van der Waals surface area contributed by atoms with Crippen LogP contribution < -0.4 is 9.64 Å². The van der Waals surface area contributed by atoms with Gasteiger partial charge >= 0.3 is 5.97 Å². The van der Waals surface area contributed by atoms with E-state index in [1.807, 2.05) is 12.1 Å². The molecule has 1 saturated heterocycles. The quantitative estimate of drug-likeness (QED) is 0.876. The number of anilines is 1. The van der Waals surface area contributed by atoms with Crippen LogP contribution >= 0.6 is 0 Å². The first-order chi connectivity index (χ1) is 12.5. The van der Waals surface area contributed by atoms with Gasteiger partial charge in [-0.1, -0.05) is 0 Å². The third-order valence-corrected chi connectivity index (χ3v) is 7.22. The van der Waals surface area contributed by atoms with Crippen molar-refractivity contribution < 1.29 is 14.6 Å². The van der Waals surface area contributed by atoms with Crippen LogP contribution in [0.5, 0.6) is 5.75 Å². The molecule has 3 saturated carbocycles.